The van der Waals surface area contributed by atoms with E-state index >= 15 is 0 Å². The molecular formula is C20H23FN3O2S+. The number of benzene rings is 1. The van der Waals surface area contributed by atoms with E-state index in [0.29, 0.717) is 38.4 Å². The Labute approximate surface area is 162 Å². The molecule has 0 unspecified atom stereocenters. The highest BCUT2D eigenvalue weighted by atomic mass is 32.1. The highest BCUT2D eigenvalue weighted by molar-refractivity contribution is 7.11. The second kappa shape index (κ2) is 8.92. The maximum Gasteiger partial charge on any atom is 0.279 e. The minimum atomic E-state index is -0.377. The third-order valence-corrected chi connectivity index (χ3v) is 5.56. The Kier molecular flexibility index (Phi) is 6.36. The number of rotatable bonds is 5. The van der Waals surface area contributed by atoms with Crippen molar-refractivity contribution >= 4 is 34.9 Å². The quantitative estimate of drug-likeness (QED) is 0.764. The Morgan fingerprint density at radius 2 is 2.07 bits per heavy atom. The standard InChI is InChI=1S/C20H22FN3O2S/c1-15-7-12-27-18(15)5-6-20(26)24-10-8-23(9-11-24)14-19(25)22-17-4-2-3-16(21)13-17/h2-7,12-13H,8-11,14H2,1H3,(H,22,25)/p+1/b6-5+. The van der Waals surface area contributed by atoms with Crippen LogP contribution in [0, 0.1) is 12.7 Å². The van der Waals surface area contributed by atoms with Gasteiger partial charge in [0.2, 0.25) is 5.91 Å². The van der Waals surface area contributed by atoms with Crippen molar-refractivity contribution in [2.45, 2.75) is 6.92 Å². The van der Waals surface area contributed by atoms with Gasteiger partial charge >= 0.3 is 0 Å². The van der Waals surface area contributed by atoms with Crippen LogP contribution in [0.15, 0.2) is 41.8 Å². The summed E-state index contributed by atoms with van der Waals surface area (Å²) in [5.74, 6) is -0.521. The Bertz CT molecular complexity index is 841. The number of halogens is 1. The van der Waals surface area contributed by atoms with Crippen LogP contribution < -0.4 is 10.2 Å². The number of nitrogens with one attached hydrogen (secondary N) is 2. The lowest BCUT2D eigenvalue weighted by molar-refractivity contribution is -0.895. The van der Waals surface area contributed by atoms with Gasteiger partial charge in [-0.2, -0.15) is 0 Å². The second-order valence-corrected chi connectivity index (χ2v) is 7.56. The SMILES string of the molecule is Cc1ccsc1/C=C/C(=O)N1CC[NH+](CC(=O)Nc2cccc(F)c2)CC1. The summed E-state index contributed by atoms with van der Waals surface area (Å²) in [6.45, 7) is 5.01. The predicted octanol–water partition coefficient (Wildman–Crippen LogP) is 1.57. The van der Waals surface area contributed by atoms with Crippen molar-refractivity contribution < 1.29 is 18.9 Å². The van der Waals surface area contributed by atoms with Crippen molar-refractivity contribution in [2.24, 2.45) is 0 Å². The molecule has 1 saturated heterocycles. The zero-order chi connectivity index (χ0) is 19.2. The van der Waals surface area contributed by atoms with E-state index in [1.807, 2.05) is 29.3 Å². The van der Waals surface area contributed by atoms with Crippen LogP contribution in [-0.2, 0) is 9.59 Å². The van der Waals surface area contributed by atoms with Gasteiger partial charge in [-0.1, -0.05) is 6.07 Å². The van der Waals surface area contributed by atoms with E-state index in [1.54, 1.807) is 29.5 Å². The zero-order valence-corrected chi connectivity index (χ0v) is 16.0. The largest absolute Gasteiger partial charge is 0.328 e. The Morgan fingerprint density at radius 1 is 1.30 bits per heavy atom. The fraction of sp³-hybridized carbons (Fsp3) is 0.300. The molecule has 3 rings (SSSR count). The molecule has 0 spiro atoms. The molecule has 0 aliphatic carbocycles. The van der Waals surface area contributed by atoms with Gasteiger partial charge in [-0.3, -0.25) is 9.59 Å². The maximum absolute atomic E-state index is 13.2. The first-order valence-corrected chi connectivity index (χ1v) is 9.79. The average Bonchev–Trinajstić information content (AvgIpc) is 3.05. The number of nitrogens with zero attached hydrogens (tertiary/aromatic N) is 1. The van der Waals surface area contributed by atoms with Gasteiger partial charge in [0.1, 0.15) is 5.82 Å². The summed E-state index contributed by atoms with van der Waals surface area (Å²) >= 11 is 1.62. The Morgan fingerprint density at radius 3 is 2.74 bits per heavy atom. The van der Waals surface area contributed by atoms with Crippen LogP contribution in [0.3, 0.4) is 0 Å². The van der Waals surface area contributed by atoms with Gasteiger partial charge in [0.15, 0.2) is 6.54 Å². The van der Waals surface area contributed by atoms with Crippen molar-refractivity contribution in [3.05, 3.63) is 58.0 Å². The van der Waals surface area contributed by atoms with E-state index in [0.717, 1.165) is 9.78 Å². The summed E-state index contributed by atoms with van der Waals surface area (Å²) in [6, 6.07) is 7.89. The molecule has 27 heavy (non-hydrogen) atoms. The van der Waals surface area contributed by atoms with Crippen molar-refractivity contribution in [3.8, 4) is 0 Å². The topological polar surface area (TPSA) is 53.9 Å². The van der Waals surface area contributed by atoms with Gasteiger partial charge in [0, 0.05) is 16.6 Å². The molecule has 2 amide bonds. The summed E-state index contributed by atoms with van der Waals surface area (Å²) in [5, 5.41) is 4.73. The van der Waals surface area contributed by atoms with Gasteiger partial charge in [0.25, 0.3) is 5.91 Å². The number of piperazine rings is 1. The van der Waals surface area contributed by atoms with Gasteiger partial charge in [0.05, 0.1) is 26.2 Å². The molecule has 2 aromatic rings. The van der Waals surface area contributed by atoms with E-state index < -0.39 is 0 Å². The molecule has 1 aromatic heterocycles. The van der Waals surface area contributed by atoms with Crippen molar-refractivity contribution in [3.63, 3.8) is 0 Å². The van der Waals surface area contributed by atoms with Crippen LogP contribution in [0.2, 0.25) is 0 Å². The lowest BCUT2D eigenvalue weighted by atomic mass is 10.2. The van der Waals surface area contributed by atoms with Crippen LogP contribution in [0.25, 0.3) is 6.08 Å². The van der Waals surface area contributed by atoms with Crippen molar-refractivity contribution in [1.82, 2.24) is 4.90 Å². The lowest BCUT2D eigenvalue weighted by Crippen LogP contribution is -3.15. The number of hydrogen-bond acceptors (Lipinski definition) is 3. The molecule has 7 heteroatoms. The smallest absolute Gasteiger partial charge is 0.279 e. The van der Waals surface area contributed by atoms with E-state index in [-0.39, 0.29) is 17.6 Å². The number of anilines is 1. The first kappa shape index (κ1) is 19.3. The van der Waals surface area contributed by atoms with Crippen LogP contribution in [0.5, 0.6) is 0 Å². The highest BCUT2D eigenvalue weighted by Crippen LogP contribution is 2.17. The molecular weight excluding hydrogens is 365 g/mol. The minimum absolute atomic E-state index is 0.00561. The molecule has 1 aromatic carbocycles. The Balaban J connectivity index is 1.44. The second-order valence-electron chi connectivity index (χ2n) is 6.61. The summed E-state index contributed by atoms with van der Waals surface area (Å²) < 4.78 is 13.2. The highest BCUT2D eigenvalue weighted by Gasteiger charge is 2.24. The lowest BCUT2D eigenvalue weighted by Gasteiger charge is -2.31. The molecule has 5 nitrogen and oxygen atoms in total. The van der Waals surface area contributed by atoms with Gasteiger partial charge in [-0.05, 0) is 48.2 Å². The first-order valence-electron chi connectivity index (χ1n) is 8.91. The Hall–Kier alpha value is -2.51. The van der Waals surface area contributed by atoms with E-state index in [2.05, 4.69) is 5.32 Å². The normalized spacial score (nSPS) is 15.3. The fourth-order valence-corrected chi connectivity index (χ4v) is 3.85. The number of carbonyl (C=O) groups is 2. The number of aryl methyl sites for hydroxylation is 1. The van der Waals surface area contributed by atoms with Gasteiger partial charge in [-0.15, -0.1) is 11.3 Å². The average molecular weight is 388 g/mol. The molecule has 1 aliphatic heterocycles. The number of thiophene rings is 1. The van der Waals surface area contributed by atoms with Crippen LogP contribution in [-0.4, -0.2) is 49.4 Å². The van der Waals surface area contributed by atoms with E-state index in [4.69, 9.17) is 0 Å². The molecule has 0 saturated carbocycles. The number of hydrogen-bond donors (Lipinski definition) is 2. The van der Waals surface area contributed by atoms with Crippen LogP contribution in [0.4, 0.5) is 10.1 Å². The number of quaternary nitrogens is 1. The zero-order valence-electron chi connectivity index (χ0n) is 15.2. The molecule has 0 radical (unpaired) electrons. The van der Waals surface area contributed by atoms with Crippen LogP contribution in [0.1, 0.15) is 10.4 Å². The first-order chi connectivity index (χ1) is 13.0. The van der Waals surface area contributed by atoms with Crippen LogP contribution >= 0.6 is 11.3 Å². The maximum atomic E-state index is 13.2. The molecule has 1 fully saturated rings. The summed E-state index contributed by atoms with van der Waals surface area (Å²) in [5.41, 5.74) is 1.63. The molecule has 0 bridgehead atoms. The monoisotopic (exact) mass is 388 g/mol. The van der Waals surface area contributed by atoms with E-state index in [9.17, 15) is 14.0 Å². The van der Waals surface area contributed by atoms with Crippen molar-refractivity contribution in [2.75, 3.05) is 38.0 Å². The number of amides is 2. The molecule has 2 heterocycles. The molecule has 1 aliphatic rings. The molecule has 0 atom stereocenters. The third-order valence-electron chi connectivity index (χ3n) is 4.58. The predicted molar refractivity (Wildman–Crippen MR) is 105 cm³/mol. The van der Waals surface area contributed by atoms with E-state index in [1.165, 1.54) is 17.7 Å². The molecule has 2 N–H and O–H groups in total. The summed E-state index contributed by atoms with van der Waals surface area (Å²) in [4.78, 5) is 28.5. The number of carbonyl (C=O) groups excluding carboxylic acids is 2. The fourth-order valence-electron chi connectivity index (χ4n) is 3.03. The third kappa shape index (κ3) is 5.48. The van der Waals surface area contributed by atoms with Gasteiger partial charge < -0.3 is 15.1 Å². The minimum Gasteiger partial charge on any atom is -0.328 e. The summed E-state index contributed by atoms with van der Waals surface area (Å²) in [6.07, 6.45) is 3.49. The van der Waals surface area contributed by atoms with Gasteiger partial charge in [-0.25, -0.2) is 4.39 Å². The van der Waals surface area contributed by atoms with Crippen molar-refractivity contribution in [1.29, 1.82) is 0 Å². The summed E-state index contributed by atoms with van der Waals surface area (Å²) in [7, 11) is 0. The molecule has 142 valence electrons.